The van der Waals surface area contributed by atoms with Gasteiger partial charge in [-0.3, -0.25) is 9.59 Å². The van der Waals surface area contributed by atoms with E-state index in [1.54, 1.807) is 0 Å². The molecule has 0 amide bonds. The van der Waals surface area contributed by atoms with Crippen molar-refractivity contribution in [1.29, 1.82) is 0 Å². The number of carbonyl (C=O) groups excluding carboxylic acids is 3. The zero-order valence-electron chi connectivity index (χ0n) is 25.0. The number of allylic oxidation sites excluding steroid dienone is 2. The van der Waals surface area contributed by atoms with Crippen LogP contribution in [0.25, 0.3) is 11.1 Å². The van der Waals surface area contributed by atoms with Crippen molar-refractivity contribution in [2.24, 2.45) is 17.1 Å². The van der Waals surface area contributed by atoms with Crippen LogP contribution in [-0.4, -0.2) is 47.3 Å². The molecular weight excluding hydrogens is 532 g/mol. The fourth-order valence-corrected chi connectivity index (χ4v) is 6.20. The van der Waals surface area contributed by atoms with Gasteiger partial charge in [-0.1, -0.05) is 76.2 Å². The van der Waals surface area contributed by atoms with Gasteiger partial charge >= 0.3 is 11.9 Å². The molecule has 0 aromatic heterocycles. The quantitative estimate of drug-likeness (QED) is 0.104. The number of aliphatic carboxylic acids is 1. The number of unbranched alkanes of at least 4 members (excludes halogenated alkanes) is 1. The van der Waals surface area contributed by atoms with Crippen LogP contribution in [0, 0.1) is 11.3 Å². The van der Waals surface area contributed by atoms with Crippen molar-refractivity contribution < 1.29 is 29.0 Å². The SMILES string of the molecule is CC(C)CC(N[C@@](CCCCN)(C(=O)O)C(=O)OCC1c2ccccc2-c2ccccc21)=C1C(=O)CC(C)(C)CC1=O. The molecule has 8 nitrogen and oxygen atoms in total. The van der Waals surface area contributed by atoms with Gasteiger partial charge in [0.1, 0.15) is 6.61 Å². The van der Waals surface area contributed by atoms with Gasteiger partial charge in [-0.05, 0) is 65.8 Å². The third kappa shape index (κ3) is 6.33. The minimum Gasteiger partial charge on any atom is -0.479 e. The number of benzene rings is 2. The van der Waals surface area contributed by atoms with E-state index in [0.717, 1.165) is 22.3 Å². The van der Waals surface area contributed by atoms with E-state index >= 15 is 0 Å². The number of nitrogens with one attached hydrogen (secondary N) is 1. The molecule has 4 rings (SSSR count). The average molecular weight is 575 g/mol. The molecule has 4 N–H and O–H groups in total. The van der Waals surface area contributed by atoms with Crippen LogP contribution in [0.4, 0.5) is 0 Å². The first-order valence-electron chi connectivity index (χ1n) is 14.8. The van der Waals surface area contributed by atoms with Gasteiger partial charge in [-0.25, -0.2) is 9.59 Å². The molecule has 2 aromatic carbocycles. The molecule has 8 heteroatoms. The molecule has 0 aliphatic heterocycles. The Labute approximate surface area is 247 Å². The number of hydrogen-bond acceptors (Lipinski definition) is 7. The summed E-state index contributed by atoms with van der Waals surface area (Å²) in [7, 11) is 0. The summed E-state index contributed by atoms with van der Waals surface area (Å²) in [6.45, 7) is 7.82. The zero-order chi connectivity index (χ0) is 30.7. The molecule has 0 spiro atoms. The predicted molar refractivity (Wildman–Crippen MR) is 161 cm³/mol. The number of nitrogens with two attached hydrogens (primary N) is 1. The summed E-state index contributed by atoms with van der Waals surface area (Å²) in [6, 6.07) is 15.8. The Morgan fingerprint density at radius 1 is 1.00 bits per heavy atom. The van der Waals surface area contributed by atoms with Crippen LogP contribution in [-0.2, 0) is 23.9 Å². The first kappa shape index (κ1) is 31.2. The number of fused-ring (bicyclic) bond motifs is 3. The van der Waals surface area contributed by atoms with Crippen LogP contribution in [0.1, 0.15) is 83.3 Å². The minimum absolute atomic E-state index is 0.0198. The maximum absolute atomic E-state index is 14.0. The normalized spacial score (nSPS) is 17.4. The summed E-state index contributed by atoms with van der Waals surface area (Å²) in [5.74, 6) is -3.33. The van der Waals surface area contributed by atoms with Crippen molar-refractivity contribution in [3.63, 3.8) is 0 Å². The Balaban J connectivity index is 1.71. The summed E-state index contributed by atoms with van der Waals surface area (Å²) in [6.07, 6.45) is 1.27. The first-order valence-corrected chi connectivity index (χ1v) is 14.8. The molecule has 1 fully saturated rings. The third-order valence-corrected chi connectivity index (χ3v) is 8.18. The molecule has 1 atom stereocenters. The lowest BCUT2D eigenvalue weighted by Crippen LogP contribution is -2.59. The Hall–Kier alpha value is -3.78. The van der Waals surface area contributed by atoms with E-state index in [1.165, 1.54) is 0 Å². The molecule has 0 unspecified atom stereocenters. The van der Waals surface area contributed by atoms with Gasteiger partial charge in [0.25, 0.3) is 0 Å². The van der Waals surface area contributed by atoms with Crippen LogP contribution in [0.15, 0.2) is 59.8 Å². The van der Waals surface area contributed by atoms with Gasteiger partial charge in [-0.2, -0.15) is 0 Å². The van der Waals surface area contributed by atoms with Crippen LogP contribution >= 0.6 is 0 Å². The van der Waals surface area contributed by atoms with Crippen molar-refractivity contribution in [3.05, 3.63) is 70.9 Å². The van der Waals surface area contributed by atoms with Crippen LogP contribution in [0.2, 0.25) is 0 Å². The summed E-state index contributed by atoms with van der Waals surface area (Å²) in [5, 5.41) is 13.6. The Morgan fingerprint density at radius 2 is 1.55 bits per heavy atom. The monoisotopic (exact) mass is 574 g/mol. The van der Waals surface area contributed by atoms with Crippen molar-refractivity contribution in [2.75, 3.05) is 13.2 Å². The van der Waals surface area contributed by atoms with E-state index < -0.39 is 22.9 Å². The largest absolute Gasteiger partial charge is 0.479 e. The number of ketones is 2. The lowest BCUT2D eigenvalue weighted by atomic mass is 9.73. The molecule has 0 saturated heterocycles. The molecule has 224 valence electrons. The molecule has 2 aliphatic carbocycles. The molecular formula is C34H42N2O6. The highest BCUT2D eigenvalue weighted by Crippen LogP contribution is 2.44. The number of esters is 1. The van der Waals surface area contributed by atoms with E-state index in [2.05, 4.69) is 5.32 Å². The van der Waals surface area contributed by atoms with Gasteiger partial charge in [-0.15, -0.1) is 0 Å². The van der Waals surface area contributed by atoms with Gasteiger partial charge in [0.05, 0.1) is 5.57 Å². The van der Waals surface area contributed by atoms with Crippen molar-refractivity contribution in [1.82, 2.24) is 5.32 Å². The summed E-state index contributed by atoms with van der Waals surface area (Å²) in [4.78, 5) is 53.5. The highest BCUT2D eigenvalue weighted by atomic mass is 16.5. The second kappa shape index (κ2) is 12.6. The molecule has 42 heavy (non-hydrogen) atoms. The second-order valence-electron chi connectivity index (χ2n) is 12.7. The first-order chi connectivity index (χ1) is 19.9. The standard InChI is InChI=1S/C34H42N2O6/c1-21(2)17-27(30-28(37)18-33(3,4)19-29(30)38)36-34(31(39)40,15-9-10-16-35)32(41)42-20-26-24-13-7-5-11-22(24)23-12-6-8-14-25(23)26/h5-8,11-14,21,26,36H,9-10,15-20,35H2,1-4H3,(H,39,40)/t34-/m0/s1. The molecule has 2 aromatic rings. The molecule has 1 saturated carbocycles. The lowest BCUT2D eigenvalue weighted by molar-refractivity contribution is -0.163. The Kier molecular flexibility index (Phi) is 9.36. The van der Waals surface area contributed by atoms with E-state index in [0.29, 0.717) is 19.4 Å². The highest BCUT2D eigenvalue weighted by Gasteiger charge is 2.50. The molecule has 2 aliphatic rings. The Bertz CT molecular complexity index is 1340. The van der Waals surface area contributed by atoms with Gasteiger partial charge in [0, 0.05) is 24.5 Å². The van der Waals surface area contributed by atoms with E-state index in [-0.39, 0.29) is 67.0 Å². The third-order valence-electron chi connectivity index (χ3n) is 8.18. The number of Topliss-reactive ketones (excluding diaryl/α,β-unsaturated/α-hetero) is 2. The van der Waals surface area contributed by atoms with E-state index in [1.807, 2.05) is 76.2 Å². The smallest absolute Gasteiger partial charge is 0.343 e. The number of carboxylic acids is 1. The van der Waals surface area contributed by atoms with E-state index in [4.69, 9.17) is 10.5 Å². The van der Waals surface area contributed by atoms with Gasteiger partial charge in [0.2, 0.25) is 5.54 Å². The molecule has 0 radical (unpaired) electrons. The fraction of sp³-hybridized carbons (Fsp3) is 0.471. The lowest BCUT2D eigenvalue weighted by Gasteiger charge is -2.35. The molecule has 0 heterocycles. The highest BCUT2D eigenvalue weighted by molar-refractivity contribution is 6.23. The maximum Gasteiger partial charge on any atom is 0.343 e. The average Bonchev–Trinajstić information content (AvgIpc) is 3.23. The Morgan fingerprint density at radius 3 is 2.05 bits per heavy atom. The summed E-state index contributed by atoms with van der Waals surface area (Å²) < 4.78 is 5.87. The maximum atomic E-state index is 14.0. The number of carbonyl (C=O) groups is 4. The number of ether oxygens (including phenoxy) is 1. The van der Waals surface area contributed by atoms with Gasteiger partial charge in [0.15, 0.2) is 11.6 Å². The van der Waals surface area contributed by atoms with Crippen molar-refractivity contribution in [2.45, 2.75) is 77.7 Å². The zero-order valence-corrected chi connectivity index (χ0v) is 25.0. The van der Waals surface area contributed by atoms with E-state index in [9.17, 15) is 24.3 Å². The van der Waals surface area contributed by atoms with Crippen LogP contribution < -0.4 is 11.1 Å². The number of rotatable bonds is 12. The fourth-order valence-electron chi connectivity index (χ4n) is 6.20. The second-order valence-corrected chi connectivity index (χ2v) is 12.7. The van der Waals surface area contributed by atoms with Crippen LogP contribution in [0.3, 0.4) is 0 Å². The van der Waals surface area contributed by atoms with Crippen molar-refractivity contribution >= 4 is 23.5 Å². The van der Waals surface area contributed by atoms with Gasteiger partial charge < -0.3 is 20.9 Å². The van der Waals surface area contributed by atoms with Crippen LogP contribution in [0.5, 0.6) is 0 Å². The topological polar surface area (TPSA) is 136 Å². The number of hydrogen-bond donors (Lipinski definition) is 3. The summed E-state index contributed by atoms with van der Waals surface area (Å²) in [5.41, 5.74) is 7.31. The van der Waals surface area contributed by atoms with Crippen molar-refractivity contribution in [3.8, 4) is 11.1 Å². The number of carboxylic acid groups (broad SMARTS) is 1. The summed E-state index contributed by atoms with van der Waals surface area (Å²) >= 11 is 0. The minimum atomic E-state index is -2.20. The predicted octanol–water partition coefficient (Wildman–Crippen LogP) is 5.14. The molecule has 0 bridgehead atoms.